The van der Waals surface area contributed by atoms with Crippen LogP contribution in [0.5, 0.6) is 0 Å². The highest BCUT2D eigenvalue weighted by Crippen LogP contribution is 2.15. The quantitative estimate of drug-likeness (QED) is 0.0199. The number of hydrogen-bond acceptors (Lipinski definition) is 28. The maximum absolute atomic E-state index is 14.9. The van der Waals surface area contributed by atoms with Gasteiger partial charge >= 0.3 is 0 Å². The fourth-order valence-corrected chi connectivity index (χ4v) is 12.2. The van der Waals surface area contributed by atoms with E-state index in [4.69, 9.17) is 0 Å². The molecule has 1 aliphatic heterocycles. The largest absolute Gasteiger partial charge is 0.391 e. The molecule has 13 atom stereocenters. The molecule has 44 nitrogen and oxygen atoms in total. The Hall–Kier alpha value is -6.56. The Morgan fingerprint density at radius 3 is 1.18 bits per heavy atom. The van der Waals surface area contributed by atoms with E-state index < -0.39 is 294 Å². The first kappa shape index (κ1) is 98.4. The zero-order valence-electron chi connectivity index (χ0n) is 60.9. The highest BCUT2D eigenvalue weighted by Gasteiger charge is 2.38. The molecule has 0 radical (unpaired) electrons. The van der Waals surface area contributed by atoms with Crippen molar-refractivity contribution in [3.05, 3.63) is 0 Å². The summed E-state index contributed by atoms with van der Waals surface area (Å²) in [7, 11) is -23.5. The molecule has 0 aliphatic carbocycles. The Kier molecular flexibility index (Phi) is 44.3. The molecule has 1 saturated heterocycles. The highest BCUT2D eigenvalue weighted by molar-refractivity contribution is 7.86. The number of aliphatic hydroxyl groups excluding tert-OH is 2. The van der Waals surface area contributed by atoms with E-state index in [1.165, 1.54) is 0 Å². The predicted octanol–water partition coefficient (Wildman–Crippen LogP) is -8.06. The van der Waals surface area contributed by atoms with E-state index in [2.05, 4.69) is 85.1 Å². The molecule has 0 aromatic carbocycles. The Balaban J connectivity index is 4.33. The summed E-state index contributed by atoms with van der Waals surface area (Å²) in [5.74, 6) is -19.1. The third kappa shape index (κ3) is 45.3. The monoisotopic (exact) mass is 1640 g/mol. The molecule has 1 aliphatic rings. The maximum atomic E-state index is 14.9. The SMILES string of the molecule is CC[C@@H](C)CCCCC(=O)N[C@@H](CCNCS(=O)(=O)O)C(=O)N[C@H](C(=O)N[C@@H](CCNCS(=O)(=O)O)C(=O)NC1CCNC(=O)C([C@@H](C)O)NC(=O)[C@H](CCNCS(=O)(=O)O)NC(=O)[C@H](CCNCS(=O)(=O)O)NC(=O)[C@H](CC(C)C)NC(=O)[C@@H](CC(C)C)NC(=O)C(CCNCS(=O)(=O)O)NC1=O)[C@@H](C)O. The van der Waals surface area contributed by atoms with Crippen LogP contribution in [-0.2, 0) is 103 Å². The lowest BCUT2D eigenvalue weighted by molar-refractivity contribution is -0.137. The van der Waals surface area contributed by atoms with Gasteiger partial charge in [0.15, 0.2) is 0 Å². The molecule has 49 heteroatoms. The van der Waals surface area contributed by atoms with Crippen LogP contribution >= 0.6 is 0 Å². The second-order valence-corrected chi connectivity index (χ2v) is 33.9. The van der Waals surface area contributed by atoms with E-state index >= 15 is 0 Å². The number of hydrogen-bond donors (Lipinski definition) is 23. The van der Waals surface area contributed by atoms with Gasteiger partial charge in [0.25, 0.3) is 50.6 Å². The Labute approximate surface area is 623 Å². The number of carbonyl (C=O) groups is 11. The molecule has 107 heavy (non-hydrogen) atoms. The van der Waals surface area contributed by atoms with Gasteiger partial charge in [-0.25, -0.2) is 0 Å². The van der Waals surface area contributed by atoms with Crippen molar-refractivity contribution >= 4 is 116 Å². The molecule has 0 spiro atoms. The van der Waals surface area contributed by atoms with Crippen LogP contribution < -0.4 is 85.1 Å². The first-order valence-corrected chi connectivity index (χ1v) is 42.4. The zero-order valence-corrected chi connectivity index (χ0v) is 65.0. The lowest BCUT2D eigenvalue weighted by Crippen LogP contribution is -2.62. The molecular formula is C58H110N16O28S5. The zero-order chi connectivity index (χ0) is 81.8. The molecule has 0 saturated carbocycles. The molecule has 0 bridgehead atoms. The van der Waals surface area contributed by atoms with Crippen LogP contribution in [0.25, 0.3) is 0 Å². The van der Waals surface area contributed by atoms with Crippen LogP contribution in [-0.4, -0.2) is 281 Å². The van der Waals surface area contributed by atoms with Gasteiger partial charge in [0.05, 0.1) is 12.2 Å². The van der Waals surface area contributed by atoms with Crippen molar-refractivity contribution in [2.24, 2.45) is 17.8 Å². The van der Waals surface area contributed by atoms with Crippen LogP contribution in [0.2, 0.25) is 0 Å². The molecule has 11 amide bonds. The second kappa shape index (κ2) is 48.2. The average Bonchev–Trinajstić information content (AvgIpc) is 1.17. The van der Waals surface area contributed by atoms with Crippen LogP contribution in [0.15, 0.2) is 0 Å². The smallest absolute Gasteiger partial charge is 0.278 e. The van der Waals surface area contributed by atoms with Gasteiger partial charge in [0.1, 0.15) is 89.8 Å². The van der Waals surface area contributed by atoms with E-state index in [1.807, 2.05) is 13.8 Å². The van der Waals surface area contributed by atoms with E-state index in [1.54, 1.807) is 27.7 Å². The van der Waals surface area contributed by atoms with Crippen LogP contribution in [0, 0.1) is 17.8 Å². The Morgan fingerprint density at radius 1 is 0.439 bits per heavy atom. The summed E-state index contributed by atoms with van der Waals surface area (Å²) in [6.45, 7) is 9.25. The first-order valence-electron chi connectivity index (χ1n) is 34.4. The third-order valence-corrected chi connectivity index (χ3v) is 18.7. The van der Waals surface area contributed by atoms with E-state index in [0.717, 1.165) is 26.7 Å². The lowest BCUT2D eigenvalue weighted by atomic mass is 9.99. The number of aliphatic hydroxyl groups is 2. The minimum Gasteiger partial charge on any atom is -0.391 e. The molecule has 1 fully saturated rings. The van der Waals surface area contributed by atoms with Gasteiger partial charge in [-0.2, -0.15) is 42.1 Å². The molecule has 1 rings (SSSR count). The van der Waals surface area contributed by atoms with E-state index in [9.17, 15) is 128 Å². The van der Waals surface area contributed by atoms with Crippen molar-refractivity contribution < 1.29 is 128 Å². The van der Waals surface area contributed by atoms with Gasteiger partial charge in [0, 0.05) is 13.0 Å². The van der Waals surface area contributed by atoms with Crippen LogP contribution in [0.3, 0.4) is 0 Å². The van der Waals surface area contributed by atoms with Gasteiger partial charge in [-0.3, -0.25) is 75.5 Å². The molecule has 23 N–H and O–H groups in total. The van der Waals surface area contributed by atoms with Gasteiger partial charge < -0.3 is 95.3 Å². The number of amides is 11. The molecule has 620 valence electrons. The summed E-state index contributed by atoms with van der Waals surface area (Å²) < 4.78 is 163. The van der Waals surface area contributed by atoms with Gasteiger partial charge in [0.2, 0.25) is 65.0 Å². The summed E-state index contributed by atoms with van der Waals surface area (Å²) in [6, 6.07) is -18.5. The van der Waals surface area contributed by atoms with Crippen molar-refractivity contribution in [2.75, 3.05) is 68.7 Å². The van der Waals surface area contributed by atoms with E-state index in [0.29, 0.717) is 18.8 Å². The topological polar surface area (TPSA) is 693 Å². The van der Waals surface area contributed by atoms with Crippen molar-refractivity contribution in [3.63, 3.8) is 0 Å². The summed E-state index contributed by atoms with van der Waals surface area (Å²) in [5.41, 5.74) is 0. The Morgan fingerprint density at radius 2 is 0.804 bits per heavy atom. The van der Waals surface area contributed by atoms with Crippen LogP contribution in [0.4, 0.5) is 0 Å². The summed E-state index contributed by atoms with van der Waals surface area (Å²) in [4.78, 5) is 158. The summed E-state index contributed by atoms with van der Waals surface area (Å²) >= 11 is 0. The number of unbranched alkanes of at least 4 members (excludes halogenated alkanes) is 1. The molecule has 1 heterocycles. The van der Waals surface area contributed by atoms with Crippen LogP contribution in [0.1, 0.15) is 139 Å². The second-order valence-electron chi connectivity index (χ2n) is 26.7. The molecule has 3 unspecified atom stereocenters. The van der Waals surface area contributed by atoms with Gasteiger partial charge in [-0.15, -0.1) is 0 Å². The predicted molar refractivity (Wildman–Crippen MR) is 382 cm³/mol. The number of nitrogens with one attached hydrogen (secondary N) is 16. The molecule has 0 aromatic rings. The van der Waals surface area contributed by atoms with Crippen molar-refractivity contribution in [2.45, 2.75) is 211 Å². The molecule has 0 aromatic heterocycles. The third-order valence-electron chi connectivity index (χ3n) is 15.9. The van der Waals surface area contributed by atoms with Gasteiger partial charge in [-0.05, 0) is 122 Å². The normalized spacial score (nSPS) is 21.5. The van der Waals surface area contributed by atoms with Crippen molar-refractivity contribution in [1.82, 2.24) is 85.1 Å². The summed E-state index contributed by atoms with van der Waals surface area (Å²) in [5, 5.41) is 59.7. The average molecular weight is 1640 g/mol. The van der Waals surface area contributed by atoms with Crippen molar-refractivity contribution in [1.29, 1.82) is 0 Å². The highest BCUT2D eigenvalue weighted by atomic mass is 32.2. The number of carbonyl (C=O) groups excluding carboxylic acids is 11. The van der Waals surface area contributed by atoms with E-state index in [-0.39, 0.29) is 32.2 Å². The Bertz CT molecular complexity index is 3520. The van der Waals surface area contributed by atoms with Gasteiger partial charge in [-0.1, -0.05) is 60.8 Å². The summed E-state index contributed by atoms with van der Waals surface area (Å²) in [6.07, 6.45) is -5.23. The minimum absolute atomic E-state index is 0.0847. The maximum Gasteiger partial charge on any atom is 0.278 e. The molecular weight excluding hydrogens is 1530 g/mol. The van der Waals surface area contributed by atoms with Crippen molar-refractivity contribution in [3.8, 4) is 0 Å². The minimum atomic E-state index is -4.77. The number of rotatable bonds is 44. The fourth-order valence-electron chi connectivity index (χ4n) is 10.2. The standard InChI is InChI=1S/C58H110N16O28S5/c1-9-35(6)12-10-11-13-46(77)65-38(14-20-59-28-103(88,89)90)53(82)74-48(37(8)76)58(87)70-41(17-23-62-31-106(97,98)99)50(79)68-43-19-25-64-57(86)47(36(7)75)73-54(83)42(18-24-63-32-107(100,101)102)67-49(78)39(15-21-60-29-104(91,92)93)69-55(84)44(26-33(2)3)72-56(85)45(27-34(4)5)71-52(81)40(66-51(43)80)16-22-61-30-105(94,95)96/h33-45,47-48,59-63,75-76H,9-32H2,1-8H3,(H,64,86)(H,65,77)(H,66,80)(H,67,78)(H,68,79)(H,69,84)(H,70,87)(H,71,81)(H,72,85)(H,73,83)(H,74,82)(H,88,89,90)(H,91,92,93)(H,94,95,96)(H,97,98,99)(H,100,101,102)/t35-,36-,37-,38+,39+,40?,41+,42+,43?,44+,45-,47?,48+/m1/s1. The lowest BCUT2D eigenvalue weighted by Gasteiger charge is -2.29. The first-order chi connectivity index (χ1) is 49.4. The fraction of sp³-hybridized carbons (Fsp3) is 0.810.